The van der Waals surface area contributed by atoms with Gasteiger partial charge < -0.3 is 20.4 Å². The number of carbonyl (C=O) groups excluding carboxylic acids is 2. The Morgan fingerprint density at radius 1 is 1.11 bits per heavy atom. The topological polar surface area (TPSA) is 119 Å². The molecule has 1 saturated heterocycles. The van der Waals surface area contributed by atoms with E-state index in [2.05, 4.69) is 10.3 Å². The average Bonchev–Trinajstić information content (AvgIpc) is 3.62. The van der Waals surface area contributed by atoms with Gasteiger partial charge in [0.05, 0.1) is 12.7 Å². The van der Waals surface area contributed by atoms with E-state index in [1.54, 1.807) is 35.4 Å². The number of nitrogens with one attached hydrogen (secondary N) is 1. The van der Waals surface area contributed by atoms with Crippen LogP contribution in [0.25, 0.3) is 11.5 Å². The van der Waals surface area contributed by atoms with E-state index in [-0.39, 0.29) is 24.2 Å². The number of amides is 2. The summed E-state index contributed by atoms with van der Waals surface area (Å²) in [5.74, 6) is 1.62. The molecule has 10 heteroatoms. The van der Waals surface area contributed by atoms with E-state index >= 15 is 0 Å². The van der Waals surface area contributed by atoms with Gasteiger partial charge in [0.2, 0.25) is 11.8 Å². The maximum Gasteiger partial charge on any atom is 0.251 e. The molecule has 1 aliphatic carbocycles. The summed E-state index contributed by atoms with van der Waals surface area (Å²) in [5, 5.41) is 2.62. The standard InChI is InChI=1S/C16H17N3O4S.C9H9F.C2H7N/c20-14(19-6-9-24(22)10-7-19)11-18-15(21)12-1-3-13(4-2-12)16-17-5-8-23-16;10-9-5-3-8(4-6-9)7-1-2-7;1-2-3/h1-5,8H,6-7,9-11H2,(H,18,21);3-7H,1-2H2;2-3H2,1H3. The number of halogens is 1. The van der Waals surface area contributed by atoms with E-state index < -0.39 is 10.8 Å². The first-order valence-corrected chi connectivity index (χ1v) is 13.8. The number of carbonyl (C=O) groups is 2. The third-order valence-electron chi connectivity index (χ3n) is 5.68. The molecule has 2 amide bonds. The largest absolute Gasteiger partial charge is 0.445 e. The van der Waals surface area contributed by atoms with Gasteiger partial charge in [-0.1, -0.05) is 19.1 Å². The van der Waals surface area contributed by atoms with Gasteiger partial charge in [0.15, 0.2) is 0 Å². The molecule has 0 unspecified atom stereocenters. The molecule has 0 spiro atoms. The Morgan fingerprint density at radius 2 is 1.73 bits per heavy atom. The van der Waals surface area contributed by atoms with Crippen molar-refractivity contribution in [3.63, 3.8) is 0 Å². The van der Waals surface area contributed by atoms with Gasteiger partial charge in [-0.25, -0.2) is 9.37 Å². The van der Waals surface area contributed by atoms with Gasteiger partial charge in [-0.2, -0.15) is 0 Å². The molecule has 8 nitrogen and oxygen atoms in total. The van der Waals surface area contributed by atoms with Crippen LogP contribution in [-0.4, -0.2) is 63.6 Å². The molecule has 2 aromatic carbocycles. The molecule has 1 saturated carbocycles. The molecule has 3 N–H and O–H groups in total. The summed E-state index contributed by atoms with van der Waals surface area (Å²) in [4.78, 5) is 29.8. The number of nitrogens with two attached hydrogens (primary N) is 1. The minimum atomic E-state index is -0.829. The van der Waals surface area contributed by atoms with Crippen LogP contribution in [0.4, 0.5) is 4.39 Å². The maximum absolute atomic E-state index is 12.4. The lowest BCUT2D eigenvalue weighted by Gasteiger charge is -2.26. The summed E-state index contributed by atoms with van der Waals surface area (Å²) >= 11 is 0. The van der Waals surface area contributed by atoms with Gasteiger partial charge in [-0.15, -0.1) is 0 Å². The van der Waals surface area contributed by atoms with Crippen LogP contribution in [0.1, 0.15) is 41.6 Å². The van der Waals surface area contributed by atoms with E-state index in [0.717, 1.165) is 18.0 Å². The van der Waals surface area contributed by atoms with Crippen molar-refractivity contribution in [2.75, 3.05) is 37.7 Å². The van der Waals surface area contributed by atoms with Crippen LogP contribution in [0.5, 0.6) is 0 Å². The molecule has 0 atom stereocenters. The summed E-state index contributed by atoms with van der Waals surface area (Å²) in [6, 6.07) is 13.6. The van der Waals surface area contributed by atoms with Crippen LogP contribution in [0, 0.1) is 5.82 Å². The van der Waals surface area contributed by atoms with Crippen LogP contribution >= 0.6 is 0 Å². The van der Waals surface area contributed by atoms with Gasteiger partial charge in [-0.05, 0) is 67.3 Å². The Kier molecular flexibility index (Phi) is 11.0. The van der Waals surface area contributed by atoms with Crippen LogP contribution in [0.15, 0.2) is 65.4 Å². The Balaban J connectivity index is 0.000000240. The lowest BCUT2D eigenvalue weighted by Crippen LogP contribution is -2.46. The highest BCUT2D eigenvalue weighted by Crippen LogP contribution is 2.39. The molecule has 2 heterocycles. The van der Waals surface area contributed by atoms with E-state index in [0.29, 0.717) is 36.0 Å². The SMILES string of the molecule is CCN.Fc1ccc(C2CC2)cc1.O=C(NCC(=O)N1CCS(=O)CC1)c1ccc(-c2ncco2)cc1. The predicted octanol–water partition coefficient (Wildman–Crippen LogP) is 3.33. The van der Waals surface area contributed by atoms with Crippen molar-refractivity contribution in [1.29, 1.82) is 0 Å². The number of hydrogen-bond acceptors (Lipinski definition) is 6. The molecule has 3 aromatic rings. The van der Waals surface area contributed by atoms with Crippen LogP contribution in [0.3, 0.4) is 0 Å². The van der Waals surface area contributed by atoms with Crippen molar-refractivity contribution in [3.8, 4) is 11.5 Å². The molecule has 2 aliphatic rings. The number of nitrogens with zero attached hydrogens (tertiary/aromatic N) is 2. The van der Waals surface area contributed by atoms with Crippen molar-refractivity contribution in [1.82, 2.24) is 15.2 Å². The molecule has 1 aromatic heterocycles. The fourth-order valence-electron chi connectivity index (χ4n) is 3.54. The molecule has 1 aliphatic heterocycles. The molecule has 0 bridgehead atoms. The van der Waals surface area contributed by atoms with Gasteiger partial charge >= 0.3 is 0 Å². The first kappa shape index (κ1) is 28.2. The predicted molar refractivity (Wildman–Crippen MR) is 142 cm³/mol. The first-order chi connectivity index (χ1) is 17.9. The Morgan fingerprint density at radius 3 is 2.27 bits per heavy atom. The number of hydrogen-bond donors (Lipinski definition) is 2. The zero-order valence-electron chi connectivity index (χ0n) is 20.9. The smallest absolute Gasteiger partial charge is 0.251 e. The highest BCUT2D eigenvalue weighted by Gasteiger charge is 2.23. The van der Waals surface area contributed by atoms with Crippen molar-refractivity contribution in [3.05, 3.63) is 77.9 Å². The fourth-order valence-corrected chi connectivity index (χ4v) is 4.59. The fraction of sp³-hybridized carbons (Fsp3) is 0.370. The minimum absolute atomic E-state index is 0.0625. The normalized spacial score (nSPS) is 15.1. The second-order valence-corrected chi connectivity index (χ2v) is 10.3. The number of oxazole rings is 1. The van der Waals surface area contributed by atoms with Gasteiger partial charge in [0.25, 0.3) is 5.91 Å². The number of aromatic nitrogens is 1. The zero-order valence-corrected chi connectivity index (χ0v) is 21.7. The van der Waals surface area contributed by atoms with Crippen molar-refractivity contribution < 1.29 is 22.6 Å². The van der Waals surface area contributed by atoms with Gasteiger partial charge in [0, 0.05) is 46.5 Å². The van der Waals surface area contributed by atoms with E-state index in [9.17, 15) is 18.2 Å². The van der Waals surface area contributed by atoms with E-state index in [1.807, 2.05) is 19.1 Å². The monoisotopic (exact) mass is 528 g/mol. The molecule has 2 fully saturated rings. The average molecular weight is 529 g/mol. The molecular formula is C27H33FN4O4S. The molecule has 198 valence electrons. The Labute approximate surface area is 218 Å². The van der Waals surface area contributed by atoms with E-state index in [4.69, 9.17) is 10.2 Å². The van der Waals surface area contributed by atoms with Crippen LogP contribution in [-0.2, 0) is 15.6 Å². The van der Waals surface area contributed by atoms with Crippen LogP contribution < -0.4 is 11.1 Å². The minimum Gasteiger partial charge on any atom is -0.445 e. The lowest BCUT2D eigenvalue weighted by molar-refractivity contribution is -0.129. The summed E-state index contributed by atoms with van der Waals surface area (Å²) in [7, 11) is -0.829. The Hall–Kier alpha value is -3.37. The first-order valence-electron chi connectivity index (χ1n) is 12.3. The number of benzene rings is 2. The molecule has 37 heavy (non-hydrogen) atoms. The molecular weight excluding hydrogens is 495 g/mol. The third-order valence-corrected chi connectivity index (χ3v) is 6.95. The zero-order chi connectivity index (χ0) is 26.6. The highest BCUT2D eigenvalue weighted by molar-refractivity contribution is 7.85. The van der Waals surface area contributed by atoms with Crippen molar-refractivity contribution in [2.24, 2.45) is 5.73 Å². The van der Waals surface area contributed by atoms with Crippen molar-refractivity contribution in [2.45, 2.75) is 25.7 Å². The van der Waals surface area contributed by atoms with Gasteiger partial charge in [-0.3, -0.25) is 13.8 Å². The third kappa shape index (κ3) is 9.22. The molecule has 5 rings (SSSR count). The quantitative estimate of drug-likeness (QED) is 0.525. The maximum atomic E-state index is 12.4. The second kappa shape index (κ2) is 14.4. The van der Waals surface area contributed by atoms with Gasteiger partial charge in [0.1, 0.15) is 12.1 Å². The Bertz CT molecular complexity index is 1140. The van der Waals surface area contributed by atoms with E-state index in [1.165, 1.54) is 36.8 Å². The summed E-state index contributed by atoms with van der Waals surface area (Å²) in [6.07, 6.45) is 5.60. The number of rotatable bonds is 5. The summed E-state index contributed by atoms with van der Waals surface area (Å²) < 4.78 is 28.8. The summed E-state index contributed by atoms with van der Waals surface area (Å²) in [5.41, 5.74) is 7.37. The summed E-state index contributed by atoms with van der Waals surface area (Å²) in [6.45, 7) is 3.55. The van der Waals surface area contributed by atoms with Crippen molar-refractivity contribution >= 4 is 22.6 Å². The molecule has 0 radical (unpaired) electrons. The second-order valence-electron chi connectivity index (χ2n) is 8.56. The highest BCUT2D eigenvalue weighted by atomic mass is 32.2. The lowest BCUT2D eigenvalue weighted by atomic mass is 10.1. The van der Waals surface area contributed by atoms with Crippen LogP contribution in [0.2, 0.25) is 0 Å².